The van der Waals surface area contributed by atoms with Crippen LogP contribution < -0.4 is 0 Å². The summed E-state index contributed by atoms with van der Waals surface area (Å²) in [5.74, 6) is 0. The van der Waals surface area contributed by atoms with Crippen LogP contribution in [0, 0.1) is 27.7 Å². The van der Waals surface area contributed by atoms with Gasteiger partial charge in [0.15, 0.2) is 0 Å². The number of aryl methyl sites for hydroxylation is 4. The lowest BCUT2D eigenvalue weighted by atomic mass is 9.69. The zero-order chi connectivity index (χ0) is 99.4. The van der Waals surface area contributed by atoms with Gasteiger partial charge in [0.2, 0.25) is 0 Å². The third-order valence-corrected chi connectivity index (χ3v) is 37.8. The van der Waals surface area contributed by atoms with E-state index in [4.69, 9.17) is 0 Å². The highest BCUT2D eigenvalue weighted by atomic mass is 14.5. The Morgan fingerprint density at radius 3 is 0.688 bits per heavy atom. The molecule has 144 heavy (non-hydrogen) atoms. The zero-order valence-electron chi connectivity index (χ0n) is 90.0. The monoisotopic (exact) mass is 1880 g/mol. The Labute approximate surface area is 862 Å². The predicted octanol–water partition coefficient (Wildman–Crippen LogP) is 41.9. The van der Waals surface area contributed by atoms with Gasteiger partial charge in [0.1, 0.15) is 0 Å². The first-order valence-corrected chi connectivity index (χ1v) is 56.5. The van der Waals surface area contributed by atoms with E-state index in [-0.39, 0.29) is 37.9 Å². The van der Waals surface area contributed by atoms with Gasteiger partial charge in [0.25, 0.3) is 0 Å². The van der Waals surface area contributed by atoms with Crippen molar-refractivity contribution in [1.82, 2.24) is 0 Å². The van der Waals surface area contributed by atoms with E-state index in [1.165, 1.54) is 392 Å². The molecule has 0 spiro atoms. The highest BCUT2D eigenvalue weighted by Crippen LogP contribution is 2.67. The summed E-state index contributed by atoms with van der Waals surface area (Å²) in [4.78, 5) is 0. The van der Waals surface area contributed by atoms with Gasteiger partial charge in [-0.05, 0) is 393 Å². The molecule has 1 unspecified atom stereocenters. The van der Waals surface area contributed by atoms with Gasteiger partial charge in [0, 0.05) is 37.9 Å². The van der Waals surface area contributed by atoms with Gasteiger partial charge in [0.05, 0.1) is 0 Å². The van der Waals surface area contributed by atoms with E-state index in [9.17, 15) is 0 Å². The molecular weight excluding hydrogens is 1730 g/mol. The van der Waals surface area contributed by atoms with Crippen LogP contribution in [0.25, 0.3) is 166 Å². The fourth-order valence-electron chi connectivity index (χ4n) is 29.6. The van der Waals surface area contributed by atoms with Crippen LogP contribution in [-0.4, -0.2) is 0 Å². The van der Waals surface area contributed by atoms with Crippen LogP contribution in [0.15, 0.2) is 267 Å². The molecule has 0 N–H and O–H groups in total. The Balaban J connectivity index is 0.627. The summed E-state index contributed by atoms with van der Waals surface area (Å²) < 4.78 is 0. The molecule has 0 saturated carbocycles. The third kappa shape index (κ3) is 15.2. The van der Waals surface area contributed by atoms with Crippen molar-refractivity contribution in [2.45, 2.75) is 336 Å². The predicted molar refractivity (Wildman–Crippen MR) is 621 cm³/mol. The van der Waals surface area contributed by atoms with Crippen molar-refractivity contribution >= 4 is 21.5 Å². The molecule has 0 amide bonds. The van der Waals surface area contributed by atoms with E-state index < -0.39 is 0 Å². The summed E-state index contributed by atoms with van der Waals surface area (Å²) in [5, 5.41) is 5.56. The molecule has 1 atom stereocenters. The summed E-state index contributed by atoms with van der Waals surface area (Å²) in [6.07, 6.45) is 34.0. The molecule has 0 fully saturated rings. The molecule has 0 saturated heterocycles. The molecule has 0 nitrogen and oxygen atoms in total. The van der Waals surface area contributed by atoms with Crippen LogP contribution in [0.3, 0.4) is 0 Å². The molecule has 728 valence electrons. The van der Waals surface area contributed by atoms with Gasteiger partial charge in [-0.25, -0.2) is 0 Å². The number of rotatable bonds is 33. The fraction of sp³-hybridized carbons (Fsp3) is 0.361. The molecule has 0 heterocycles. The molecule has 0 heteroatoms. The van der Waals surface area contributed by atoms with E-state index in [2.05, 4.69) is 392 Å². The number of hydrogen-bond donors (Lipinski definition) is 0. The Morgan fingerprint density at radius 2 is 0.375 bits per heavy atom. The Morgan fingerprint density at radius 1 is 0.153 bits per heavy atom. The highest BCUT2D eigenvalue weighted by Gasteiger charge is 2.52. The van der Waals surface area contributed by atoms with Crippen LogP contribution >= 0.6 is 0 Å². The Hall–Kier alpha value is -12.0. The zero-order valence-corrected chi connectivity index (χ0v) is 90.0. The van der Waals surface area contributed by atoms with Crippen LogP contribution in [0.1, 0.15) is 370 Å². The van der Waals surface area contributed by atoms with Crippen LogP contribution in [0.4, 0.5) is 0 Å². The van der Waals surface area contributed by atoms with Gasteiger partial charge in [-0.2, -0.15) is 0 Å². The number of benzene rings is 16. The molecule has 0 bridgehead atoms. The van der Waals surface area contributed by atoms with Crippen molar-refractivity contribution in [2.24, 2.45) is 0 Å². The van der Waals surface area contributed by atoms with Gasteiger partial charge < -0.3 is 0 Å². The van der Waals surface area contributed by atoms with Gasteiger partial charge >= 0.3 is 0 Å². The first kappa shape index (κ1) is 95.6. The molecule has 7 aliphatic rings. The standard InChI is InChI=1S/C144H152/c1-19-23-27-31-35-47-71-143(70-46-34-30-26-22-4)132-86-118-119-87-133-121(89-131(119)142(17,18)130(118)88-120(132)136-110-54-40-38-50-100(110)116(84-134(136)143)114-76-90(5)112(74-92(114)7)98-62-68-108-106-66-60-96(80-126(106)140(13,14)128(108)82-98)94-58-64-104-102-52-42-44-56-122(102)138(9,10)124(104)78-94)137-111-55-41-39-51-101(111)117(85-135(137)144(133,72-48-36-32-28-24-20-2)73-49-37-33-29-25-21-3)115-77-91(6)113(75-93(115)8)99-63-69-109-107-67-61-97(81-127(107)141(15,16)129(109)83-99)95-59-65-105-103-53-43-45-57-123(103)139(11,12)125(105)79-95/h38-45,50-69,74-89H,19-37,46-49,70-73H2,1-18H3. The van der Waals surface area contributed by atoms with E-state index in [1.54, 1.807) is 22.3 Å². The SMILES string of the molecule is CCCCCCCCC1(CCCCCCC)c2cc3c(cc2-c2c1cc(-c1cc(C)c(-c4ccc5c(c4)C(C)(C)c4cc(-c6ccc7c(c6)C(C)(C)c6ccccc6-7)ccc4-5)cc1C)c1ccccc21)C(C)(C)c1cc2c(cc1-3)C(CCCCCCCC)(CCCCCCCC)c1cc(-c3cc(C)c(-c4ccc5c(c4)C(C)(C)c4cc(-c6ccc7c(c6)C(C)(C)c6ccccc6-7)ccc4-5)cc3C)c3ccccc3c1-2. The fourth-order valence-corrected chi connectivity index (χ4v) is 29.6. The third-order valence-electron chi connectivity index (χ3n) is 37.8. The van der Waals surface area contributed by atoms with Crippen LogP contribution in [0.5, 0.6) is 0 Å². The van der Waals surface area contributed by atoms with E-state index in [0.717, 1.165) is 25.7 Å². The topological polar surface area (TPSA) is 0 Å². The highest BCUT2D eigenvalue weighted by molar-refractivity contribution is 6.13. The maximum atomic E-state index is 2.90. The summed E-state index contributed by atoms with van der Waals surface area (Å²) in [6.45, 7) is 43.9. The van der Waals surface area contributed by atoms with Crippen molar-refractivity contribution in [3.63, 3.8) is 0 Å². The summed E-state index contributed by atoms with van der Waals surface area (Å²) >= 11 is 0. The molecule has 0 aliphatic heterocycles. The van der Waals surface area contributed by atoms with E-state index in [1.807, 2.05) is 0 Å². The van der Waals surface area contributed by atoms with E-state index >= 15 is 0 Å². The largest absolute Gasteiger partial charge is 0.0654 e. The van der Waals surface area contributed by atoms with Gasteiger partial charge in [-0.3, -0.25) is 0 Å². The Bertz CT molecular complexity index is 7840. The quantitative estimate of drug-likeness (QED) is 0.0360. The van der Waals surface area contributed by atoms with Crippen molar-refractivity contribution in [1.29, 1.82) is 0 Å². The minimum Gasteiger partial charge on any atom is -0.0654 e. The van der Waals surface area contributed by atoms with Crippen molar-refractivity contribution in [3.05, 3.63) is 367 Å². The maximum Gasteiger partial charge on any atom is 0.0215 e. The summed E-state index contributed by atoms with van der Waals surface area (Å²) in [5.41, 5.74) is 60.9. The molecule has 0 aromatic heterocycles. The normalized spacial score (nSPS) is 16.4. The van der Waals surface area contributed by atoms with Crippen LogP contribution in [-0.2, 0) is 37.9 Å². The lowest BCUT2D eigenvalue weighted by molar-refractivity contribution is 0.398. The summed E-state index contributed by atoms with van der Waals surface area (Å²) in [6, 6.07) is 109. The molecule has 0 radical (unpaired) electrons. The first-order valence-electron chi connectivity index (χ1n) is 56.5. The second-order valence-corrected chi connectivity index (χ2v) is 48.3. The van der Waals surface area contributed by atoms with Gasteiger partial charge in [-0.1, -0.05) is 439 Å². The molecule has 16 aromatic rings. The maximum absolute atomic E-state index is 2.90. The second kappa shape index (κ2) is 36.9. The minimum atomic E-state index is -0.282. The smallest absolute Gasteiger partial charge is 0.0215 e. The lowest BCUT2D eigenvalue weighted by Crippen LogP contribution is -2.26. The molecule has 23 rings (SSSR count). The average Bonchev–Trinajstić information content (AvgIpc) is 1.51. The van der Waals surface area contributed by atoms with Gasteiger partial charge in [-0.15, -0.1) is 0 Å². The second-order valence-electron chi connectivity index (χ2n) is 48.3. The lowest BCUT2D eigenvalue weighted by Gasteiger charge is -2.34. The van der Waals surface area contributed by atoms with Crippen molar-refractivity contribution in [3.8, 4) is 145 Å². The summed E-state index contributed by atoms with van der Waals surface area (Å²) in [7, 11) is 0. The first-order chi connectivity index (χ1) is 69.7. The molecule has 7 aliphatic carbocycles. The van der Waals surface area contributed by atoms with Crippen molar-refractivity contribution < 1.29 is 0 Å². The number of unbranched alkanes of at least 4 members (excludes halogenated alkanes) is 19. The average molecular weight is 1880 g/mol. The van der Waals surface area contributed by atoms with E-state index in [0.29, 0.717) is 0 Å². The number of hydrogen-bond acceptors (Lipinski definition) is 0. The number of fused-ring (bicyclic) bond motifs is 25. The minimum absolute atomic E-state index is 0.0549. The molecular formula is C144H152. The molecule has 16 aromatic carbocycles. The van der Waals surface area contributed by atoms with Crippen molar-refractivity contribution in [2.75, 3.05) is 0 Å². The van der Waals surface area contributed by atoms with Crippen LogP contribution in [0.2, 0.25) is 0 Å². The Kier molecular flexibility index (Phi) is 24.5.